The third-order valence-corrected chi connectivity index (χ3v) is 4.54. The normalized spacial score (nSPS) is 15.9. The fraction of sp³-hybridized carbons (Fsp3) is 0.611. The third-order valence-electron chi connectivity index (χ3n) is 4.54. The van der Waals surface area contributed by atoms with E-state index >= 15 is 0 Å². The van der Waals surface area contributed by atoms with E-state index in [1.165, 1.54) is 26.0 Å². The number of rotatable bonds is 9. The van der Waals surface area contributed by atoms with Crippen LogP contribution in [-0.4, -0.2) is 57.3 Å². The molecule has 8 heteroatoms. The van der Waals surface area contributed by atoms with E-state index in [2.05, 4.69) is 39.2 Å². The lowest BCUT2D eigenvalue weighted by Crippen LogP contribution is -2.45. The molecule has 1 aromatic carbocycles. The van der Waals surface area contributed by atoms with E-state index in [4.69, 9.17) is 4.74 Å². The smallest absolute Gasteiger partial charge is 0.387 e. The lowest BCUT2D eigenvalue weighted by Gasteiger charge is -2.25. The summed E-state index contributed by atoms with van der Waals surface area (Å²) >= 11 is 0. The molecule has 0 aliphatic heterocycles. The quantitative estimate of drug-likeness (QED) is 0.517. The summed E-state index contributed by atoms with van der Waals surface area (Å²) in [4.78, 5) is 6.54. The van der Waals surface area contributed by atoms with Crippen LogP contribution in [0.25, 0.3) is 0 Å². The Balaban J connectivity index is 1.92. The Labute approximate surface area is 153 Å². The Hall–Kier alpha value is -2.09. The summed E-state index contributed by atoms with van der Waals surface area (Å²) in [5.74, 6) is 1.29. The standard InChI is InChI=1S/C18H28F2N4O2/c1-12(24(3)14-5-6-14)10-22-18(21-2)23-11-13-9-15(25-4)7-8-16(13)26-17(19)20/h7-9,12,14,17H,5-6,10-11H2,1-4H3,(H2,21,22,23). The number of benzene rings is 1. The maximum Gasteiger partial charge on any atom is 0.387 e. The van der Waals surface area contributed by atoms with Gasteiger partial charge in [-0.1, -0.05) is 0 Å². The molecule has 0 radical (unpaired) electrons. The van der Waals surface area contributed by atoms with Gasteiger partial charge in [0, 0.05) is 37.8 Å². The van der Waals surface area contributed by atoms with Gasteiger partial charge < -0.3 is 20.1 Å². The summed E-state index contributed by atoms with van der Waals surface area (Å²) in [6.45, 7) is 0.310. The number of hydrogen-bond acceptors (Lipinski definition) is 4. The van der Waals surface area contributed by atoms with Gasteiger partial charge in [-0.05, 0) is 45.0 Å². The van der Waals surface area contributed by atoms with Crippen molar-refractivity contribution in [3.05, 3.63) is 23.8 Å². The Kier molecular flexibility index (Phi) is 7.44. The molecule has 1 aromatic rings. The molecule has 1 saturated carbocycles. The van der Waals surface area contributed by atoms with Gasteiger partial charge in [-0.3, -0.25) is 9.89 Å². The number of methoxy groups -OCH3 is 1. The number of hydrogen-bond donors (Lipinski definition) is 2. The van der Waals surface area contributed by atoms with Crippen LogP contribution in [0.2, 0.25) is 0 Å². The predicted octanol–water partition coefficient (Wildman–Crippen LogP) is 2.44. The third kappa shape index (κ3) is 6.01. The van der Waals surface area contributed by atoms with Gasteiger partial charge >= 0.3 is 6.61 Å². The van der Waals surface area contributed by atoms with Crippen LogP contribution in [0.3, 0.4) is 0 Å². The van der Waals surface area contributed by atoms with E-state index < -0.39 is 6.61 Å². The van der Waals surface area contributed by atoms with Crippen LogP contribution in [0.4, 0.5) is 8.78 Å². The number of likely N-dealkylation sites (N-methyl/N-ethyl adjacent to an activating group) is 1. The Morgan fingerprint density at radius 2 is 2.08 bits per heavy atom. The molecule has 1 fully saturated rings. The molecule has 26 heavy (non-hydrogen) atoms. The highest BCUT2D eigenvalue weighted by Gasteiger charge is 2.28. The minimum Gasteiger partial charge on any atom is -0.497 e. The maximum atomic E-state index is 12.6. The number of ether oxygens (including phenoxy) is 2. The monoisotopic (exact) mass is 370 g/mol. The van der Waals surface area contributed by atoms with E-state index in [0.29, 0.717) is 29.4 Å². The predicted molar refractivity (Wildman–Crippen MR) is 98.1 cm³/mol. The fourth-order valence-electron chi connectivity index (χ4n) is 2.66. The van der Waals surface area contributed by atoms with Crippen LogP contribution < -0.4 is 20.1 Å². The first-order valence-electron chi connectivity index (χ1n) is 8.72. The Morgan fingerprint density at radius 3 is 2.65 bits per heavy atom. The topological polar surface area (TPSA) is 58.1 Å². The highest BCUT2D eigenvalue weighted by molar-refractivity contribution is 5.79. The molecular formula is C18H28F2N4O2. The van der Waals surface area contributed by atoms with Gasteiger partial charge in [0.25, 0.3) is 0 Å². The molecule has 1 atom stereocenters. The molecule has 0 heterocycles. The van der Waals surface area contributed by atoms with Crippen molar-refractivity contribution in [3.8, 4) is 11.5 Å². The SMILES string of the molecule is CN=C(NCc1cc(OC)ccc1OC(F)F)NCC(C)N(C)C1CC1. The summed E-state index contributed by atoms with van der Waals surface area (Å²) in [5, 5.41) is 6.40. The summed E-state index contributed by atoms with van der Waals surface area (Å²) in [6.07, 6.45) is 2.52. The van der Waals surface area contributed by atoms with Crippen molar-refractivity contribution in [2.24, 2.45) is 4.99 Å². The van der Waals surface area contributed by atoms with Crippen molar-refractivity contribution in [2.45, 2.75) is 45.0 Å². The molecule has 2 rings (SSSR count). The molecule has 2 N–H and O–H groups in total. The molecule has 1 aliphatic rings. The number of aliphatic imine (C=N–C) groups is 1. The second kappa shape index (κ2) is 9.56. The van der Waals surface area contributed by atoms with E-state index in [0.717, 1.165) is 6.54 Å². The van der Waals surface area contributed by atoms with Crippen molar-refractivity contribution in [3.63, 3.8) is 0 Å². The first-order chi connectivity index (χ1) is 12.4. The summed E-state index contributed by atoms with van der Waals surface area (Å²) < 4.78 is 34.9. The van der Waals surface area contributed by atoms with E-state index in [9.17, 15) is 8.78 Å². The van der Waals surface area contributed by atoms with Gasteiger partial charge in [0.1, 0.15) is 11.5 Å². The van der Waals surface area contributed by atoms with Crippen molar-refractivity contribution in [1.82, 2.24) is 15.5 Å². The Morgan fingerprint density at radius 1 is 1.35 bits per heavy atom. The average molecular weight is 370 g/mol. The summed E-state index contributed by atoms with van der Waals surface area (Å²) in [6, 6.07) is 5.79. The van der Waals surface area contributed by atoms with E-state index in [1.807, 2.05) is 0 Å². The summed E-state index contributed by atoms with van der Waals surface area (Å²) in [5.41, 5.74) is 0.566. The largest absolute Gasteiger partial charge is 0.497 e. The van der Waals surface area contributed by atoms with Crippen molar-refractivity contribution in [2.75, 3.05) is 27.7 Å². The Bertz CT molecular complexity index is 609. The highest BCUT2D eigenvalue weighted by atomic mass is 19.3. The van der Waals surface area contributed by atoms with Gasteiger partial charge in [0.2, 0.25) is 0 Å². The number of nitrogens with one attached hydrogen (secondary N) is 2. The molecular weight excluding hydrogens is 342 g/mol. The minimum atomic E-state index is -2.88. The first kappa shape index (κ1) is 20.2. The van der Waals surface area contributed by atoms with Crippen molar-refractivity contribution >= 4 is 5.96 Å². The molecule has 1 aliphatic carbocycles. The van der Waals surface area contributed by atoms with Crippen molar-refractivity contribution in [1.29, 1.82) is 0 Å². The van der Waals surface area contributed by atoms with Gasteiger partial charge in [0.05, 0.1) is 7.11 Å². The molecule has 0 saturated heterocycles. The van der Waals surface area contributed by atoms with Crippen LogP contribution >= 0.6 is 0 Å². The number of halogens is 2. The van der Waals surface area contributed by atoms with Crippen LogP contribution in [0.1, 0.15) is 25.3 Å². The molecule has 6 nitrogen and oxygen atoms in total. The number of nitrogens with zero attached hydrogens (tertiary/aromatic N) is 2. The van der Waals surface area contributed by atoms with E-state index in [1.54, 1.807) is 19.2 Å². The zero-order valence-electron chi connectivity index (χ0n) is 15.8. The summed E-state index contributed by atoms with van der Waals surface area (Å²) in [7, 11) is 5.33. The van der Waals surface area contributed by atoms with Gasteiger partial charge in [-0.25, -0.2) is 0 Å². The second-order valence-corrected chi connectivity index (χ2v) is 6.40. The molecule has 1 unspecified atom stereocenters. The van der Waals surface area contributed by atoms with Crippen LogP contribution in [0, 0.1) is 0 Å². The zero-order valence-corrected chi connectivity index (χ0v) is 15.8. The van der Waals surface area contributed by atoms with Crippen molar-refractivity contribution < 1.29 is 18.3 Å². The number of guanidine groups is 1. The van der Waals surface area contributed by atoms with Crippen LogP contribution in [0.5, 0.6) is 11.5 Å². The minimum absolute atomic E-state index is 0.116. The fourth-order valence-corrected chi connectivity index (χ4v) is 2.66. The lowest BCUT2D eigenvalue weighted by atomic mass is 10.2. The maximum absolute atomic E-state index is 12.6. The molecule has 0 aromatic heterocycles. The van der Waals surface area contributed by atoms with Crippen LogP contribution in [0.15, 0.2) is 23.2 Å². The molecule has 146 valence electrons. The first-order valence-corrected chi connectivity index (χ1v) is 8.72. The molecule has 0 bridgehead atoms. The van der Waals surface area contributed by atoms with Crippen LogP contribution in [-0.2, 0) is 6.54 Å². The van der Waals surface area contributed by atoms with Gasteiger partial charge in [0.15, 0.2) is 5.96 Å². The number of alkyl halides is 2. The lowest BCUT2D eigenvalue weighted by molar-refractivity contribution is -0.0504. The average Bonchev–Trinajstić information content (AvgIpc) is 3.46. The zero-order chi connectivity index (χ0) is 19.1. The van der Waals surface area contributed by atoms with Gasteiger partial charge in [-0.2, -0.15) is 8.78 Å². The molecule has 0 amide bonds. The molecule has 0 spiro atoms. The highest BCUT2D eigenvalue weighted by Crippen LogP contribution is 2.27. The van der Waals surface area contributed by atoms with Gasteiger partial charge in [-0.15, -0.1) is 0 Å². The second-order valence-electron chi connectivity index (χ2n) is 6.40. The van der Waals surface area contributed by atoms with E-state index in [-0.39, 0.29) is 12.3 Å².